The SMILES string of the molecule is CNC1CCc2cc(-c3cn(C)nc3C)ccc21. The number of hydrogen-bond donors (Lipinski definition) is 1. The first kappa shape index (κ1) is 11.5. The fourth-order valence-corrected chi connectivity index (χ4v) is 2.97. The summed E-state index contributed by atoms with van der Waals surface area (Å²) in [6.45, 7) is 2.07. The summed E-state index contributed by atoms with van der Waals surface area (Å²) in [7, 11) is 4.01. The van der Waals surface area contributed by atoms with Gasteiger partial charge in [0, 0.05) is 24.8 Å². The largest absolute Gasteiger partial charge is 0.313 e. The Bertz CT molecular complexity index is 583. The molecule has 0 amide bonds. The van der Waals surface area contributed by atoms with Gasteiger partial charge < -0.3 is 5.32 Å². The molecule has 2 aromatic rings. The van der Waals surface area contributed by atoms with Crippen LogP contribution in [0.2, 0.25) is 0 Å². The number of aromatic nitrogens is 2. The lowest BCUT2D eigenvalue weighted by Gasteiger charge is -2.10. The smallest absolute Gasteiger partial charge is 0.0671 e. The first-order valence-electron chi connectivity index (χ1n) is 6.49. The van der Waals surface area contributed by atoms with Gasteiger partial charge in [-0.15, -0.1) is 0 Å². The van der Waals surface area contributed by atoms with Crippen LogP contribution < -0.4 is 5.32 Å². The van der Waals surface area contributed by atoms with Crippen molar-refractivity contribution in [3.63, 3.8) is 0 Å². The van der Waals surface area contributed by atoms with Crippen molar-refractivity contribution in [3.05, 3.63) is 41.2 Å². The van der Waals surface area contributed by atoms with Crippen LogP contribution in [-0.4, -0.2) is 16.8 Å². The van der Waals surface area contributed by atoms with Gasteiger partial charge in [-0.2, -0.15) is 5.10 Å². The van der Waals surface area contributed by atoms with Gasteiger partial charge in [0.2, 0.25) is 0 Å². The number of benzene rings is 1. The van der Waals surface area contributed by atoms with E-state index in [9.17, 15) is 0 Å². The fraction of sp³-hybridized carbons (Fsp3) is 0.400. The predicted octanol–water partition coefficient (Wildman–Crippen LogP) is 2.60. The second-order valence-corrected chi connectivity index (χ2v) is 5.10. The van der Waals surface area contributed by atoms with Crippen LogP contribution in [0.3, 0.4) is 0 Å². The maximum atomic E-state index is 4.42. The van der Waals surface area contributed by atoms with Crippen molar-refractivity contribution in [1.29, 1.82) is 0 Å². The van der Waals surface area contributed by atoms with Crippen LogP contribution in [0.25, 0.3) is 11.1 Å². The lowest BCUT2D eigenvalue weighted by molar-refractivity contribution is 0.590. The molecule has 1 aromatic heterocycles. The Hall–Kier alpha value is -1.61. The summed E-state index contributed by atoms with van der Waals surface area (Å²) >= 11 is 0. The molecule has 18 heavy (non-hydrogen) atoms. The molecule has 3 rings (SSSR count). The quantitative estimate of drug-likeness (QED) is 0.876. The van der Waals surface area contributed by atoms with Gasteiger partial charge in [0.1, 0.15) is 0 Å². The van der Waals surface area contributed by atoms with E-state index in [1.54, 1.807) is 0 Å². The van der Waals surface area contributed by atoms with Gasteiger partial charge in [0.25, 0.3) is 0 Å². The molecule has 1 atom stereocenters. The van der Waals surface area contributed by atoms with Crippen LogP contribution in [0.4, 0.5) is 0 Å². The molecule has 1 aliphatic rings. The summed E-state index contributed by atoms with van der Waals surface area (Å²) in [5.41, 5.74) is 6.57. The lowest BCUT2D eigenvalue weighted by atomic mass is 10.0. The third kappa shape index (κ3) is 1.75. The van der Waals surface area contributed by atoms with Gasteiger partial charge in [-0.25, -0.2) is 0 Å². The zero-order valence-corrected chi connectivity index (χ0v) is 11.2. The van der Waals surface area contributed by atoms with E-state index in [-0.39, 0.29) is 0 Å². The minimum Gasteiger partial charge on any atom is -0.313 e. The van der Waals surface area contributed by atoms with Gasteiger partial charge in [-0.3, -0.25) is 4.68 Å². The molecule has 0 bridgehead atoms. The molecule has 1 aromatic carbocycles. The number of aryl methyl sites for hydroxylation is 3. The van der Waals surface area contributed by atoms with Crippen molar-refractivity contribution < 1.29 is 0 Å². The molecule has 0 spiro atoms. The van der Waals surface area contributed by atoms with E-state index in [1.807, 2.05) is 18.8 Å². The summed E-state index contributed by atoms with van der Waals surface area (Å²) < 4.78 is 1.88. The van der Waals surface area contributed by atoms with Crippen LogP contribution in [-0.2, 0) is 13.5 Å². The highest BCUT2D eigenvalue weighted by atomic mass is 15.2. The number of hydrogen-bond acceptors (Lipinski definition) is 2. The summed E-state index contributed by atoms with van der Waals surface area (Å²) in [6, 6.07) is 7.35. The Morgan fingerprint density at radius 3 is 2.89 bits per heavy atom. The molecule has 0 saturated heterocycles. The summed E-state index contributed by atoms with van der Waals surface area (Å²) in [4.78, 5) is 0. The van der Waals surface area contributed by atoms with Crippen molar-refractivity contribution in [1.82, 2.24) is 15.1 Å². The van der Waals surface area contributed by atoms with Crippen molar-refractivity contribution in [2.45, 2.75) is 25.8 Å². The Balaban J connectivity index is 2.04. The average molecular weight is 241 g/mol. The molecule has 3 heteroatoms. The van der Waals surface area contributed by atoms with E-state index in [0.29, 0.717) is 6.04 Å². The maximum Gasteiger partial charge on any atom is 0.0671 e. The zero-order valence-electron chi connectivity index (χ0n) is 11.2. The molecule has 94 valence electrons. The minimum absolute atomic E-state index is 0.532. The number of nitrogens with one attached hydrogen (secondary N) is 1. The first-order chi connectivity index (χ1) is 8.69. The first-order valence-corrected chi connectivity index (χ1v) is 6.49. The van der Waals surface area contributed by atoms with Gasteiger partial charge in [-0.05, 0) is 43.5 Å². The lowest BCUT2D eigenvalue weighted by Crippen LogP contribution is -2.12. The number of fused-ring (bicyclic) bond motifs is 1. The third-order valence-electron chi connectivity index (χ3n) is 3.89. The maximum absolute atomic E-state index is 4.42. The number of rotatable bonds is 2. The van der Waals surface area contributed by atoms with E-state index in [1.165, 1.54) is 35.1 Å². The van der Waals surface area contributed by atoms with Crippen molar-refractivity contribution >= 4 is 0 Å². The van der Waals surface area contributed by atoms with E-state index in [4.69, 9.17) is 0 Å². The second-order valence-electron chi connectivity index (χ2n) is 5.10. The van der Waals surface area contributed by atoms with E-state index in [2.05, 4.69) is 41.7 Å². The van der Waals surface area contributed by atoms with Crippen LogP contribution in [0.15, 0.2) is 24.4 Å². The summed E-state index contributed by atoms with van der Waals surface area (Å²) in [5, 5.41) is 7.79. The fourth-order valence-electron chi connectivity index (χ4n) is 2.97. The van der Waals surface area contributed by atoms with Gasteiger partial charge in [0.15, 0.2) is 0 Å². The van der Waals surface area contributed by atoms with Crippen LogP contribution in [0.1, 0.15) is 29.3 Å². The Kier molecular flexibility index (Phi) is 2.71. The van der Waals surface area contributed by atoms with Crippen molar-refractivity contribution in [2.75, 3.05) is 7.05 Å². The van der Waals surface area contributed by atoms with Crippen LogP contribution >= 0.6 is 0 Å². The van der Waals surface area contributed by atoms with E-state index < -0.39 is 0 Å². The Morgan fingerprint density at radius 1 is 1.39 bits per heavy atom. The van der Waals surface area contributed by atoms with Crippen molar-refractivity contribution in [3.8, 4) is 11.1 Å². The standard InChI is InChI=1S/C15H19N3/c1-10-14(9-18(3)17-10)12-4-6-13-11(8-12)5-7-15(13)16-2/h4,6,8-9,15-16H,5,7H2,1-3H3. The Morgan fingerprint density at radius 2 is 2.22 bits per heavy atom. The molecule has 3 nitrogen and oxygen atoms in total. The molecule has 0 fully saturated rings. The average Bonchev–Trinajstić information content (AvgIpc) is 2.91. The van der Waals surface area contributed by atoms with Gasteiger partial charge in [0.05, 0.1) is 5.69 Å². The monoisotopic (exact) mass is 241 g/mol. The minimum atomic E-state index is 0.532. The summed E-state index contributed by atoms with van der Waals surface area (Å²) in [5.74, 6) is 0. The van der Waals surface area contributed by atoms with Gasteiger partial charge in [-0.1, -0.05) is 18.2 Å². The molecular weight excluding hydrogens is 222 g/mol. The highest BCUT2D eigenvalue weighted by Gasteiger charge is 2.21. The van der Waals surface area contributed by atoms with Crippen LogP contribution in [0.5, 0.6) is 0 Å². The number of nitrogens with zero attached hydrogens (tertiary/aromatic N) is 2. The molecule has 1 aliphatic carbocycles. The topological polar surface area (TPSA) is 29.9 Å². The molecular formula is C15H19N3. The normalized spacial score (nSPS) is 18.1. The second kappa shape index (κ2) is 4.25. The van der Waals surface area contributed by atoms with Crippen LogP contribution in [0, 0.1) is 6.92 Å². The Labute approximate surface area is 108 Å². The van der Waals surface area contributed by atoms with E-state index >= 15 is 0 Å². The summed E-state index contributed by atoms with van der Waals surface area (Å²) in [6.07, 6.45) is 4.48. The molecule has 0 saturated carbocycles. The van der Waals surface area contributed by atoms with Gasteiger partial charge >= 0.3 is 0 Å². The molecule has 0 aliphatic heterocycles. The molecule has 1 unspecified atom stereocenters. The highest BCUT2D eigenvalue weighted by Crippen LogP contribution is 2.34. The molecule has 0 radical (unpaired) electrons. The third-order valence-corrected chi connectivity index (χ3v) is 3.89. The molecule has 1 heterocycles. The van der Waals surface area contributed by atoms with Crippen molar-refractivity contribution in [2.24, 2.45) is 7.05 Å². The predicted molar refractivity (Wildman–Crippen MR) is 73.5 cm³/mol. The molecule has 1 N–H and O–H groups in total. The van der Waals surface area contributed by atoms with E-state index in [0.717, 1.165) is 5.69 Å². The zero-order chi connectivity index (χ0) is 12.7. The highest BCUT2D eigenvalue weighted by molar-refractivity contribution is 5.67.